The summed E-state index contributed by atoms with van der Waals surface area (Å²) in [7, 11) is -6.40. The Morgan fingerprint density at radius 2 is 0.783 bits per heavy atom. The van der Waals surface area contributed by atoms with E-state index in [1.807, 2.05) is 0 Å². The van der Waals surface area contributed by atoms with Gasteiger partial charge in [0.2, 0.25) is 0 Å². The summed E-state index contributed by atoms with van der Waals surface area (Å²) in [4.78, 5) is 0. The van der Waals surface area contributed by atoms with Crippen LogP contribution in [0.3, 0.4) is 0 Å². The predicted octanol–water partition coefficient (Wildman–Crippen LogP) is 5.71. The Balaban J connectivity index is 3.94. The number of rotatable bonds is 2. The zero-order valence-corrected chi connectivity index (χ0v) is 27.0. The fourth-order valence-corrected chi connectivity index (χ4v) is 390. The van der Waals surface area contributed by atoms with E-state index in [1.54, 1.807) is 0 Å². The van der Waals surface area contributed by atoms with E-state index in [0.29, 0.717) is 0 Å². The zero-order valence-electron chi connectivity index (χ0n) is 19.0. The highest BCUT2D eigenvalue weighted by Crippen LogP contribution is 2.51. The molecule has 138 valence electrons. The van der Waals surface area contributed by atoms with Gasteiger partial charge in [-0.2, -0.15) is 0 Å². The molecule has 23 heavy (non-hydrogen) atoms. The molecule has 0 aromatic heterocycles. The van der Waals surface area contributed by atoms with Crippen molar-refractivity contribution in [3.8, 4) is 0 Å². The molecule has 0 amide bonds. The molecule has 0 spiro atoms. The molecule has 0 radical (unpaired) electrons. The van der Waals surface area contributed by atoms with Crippen LogP contribution in [-0.4, -0.2) is 57.6 Å². The lowest BCUT2D eigenvalue weighted by Gasteiger charge is -2.82. The van der Waals surface area contributed by atoms with Crippen molar-refractivity contribution in [1.29, 1.82) is 0 Å². The first-order valence-electron chi connectivity index (χ1n) is 9.50. The first-order valence-corrected chi connectivity index (χ1v) is 40.5. The third-order valence-electron chi connectivity index (χ3n) is 9.12. The Hall–Kier alpha value is 1.74. The lowest BCUT2D eigenvalue weighted by Crippen LogP contribution is -3.04. The average molecular weight is 450 g/mol. The third-order valence-corrected chi connectivity index (χ3v) is 213. The maximum absolute atomic E-state index is 3.00. The van der Waals surface area contributed by atoms with Crippen molar-refractivity contribution in [2.75, 3.05) is 0 Å². The second-order valence-electron chi connectivity index (χ2n) is 12.5. The molecule has 1 fully saturated rings. The Morgan fingerprint density at radius 1 is 0.522 bits per heavy atom. The fourth-order valence-electron chi connectivity index (χ4n) is 7.19. The van der Waals surface area contributed by atoms with Crippen LogP contribution in [-0.2, 0) is 0 Å². The molecule has 0 unspecified atom stereocenters. The second-order valence-corrected chi connectivity index (χ2v) is 105. The van der Waals surface area contributed by atoms with E-state index >= 15 is 0 Å². The minimum atomic E-state index is -1.10. The summed E-state index contributed by atoms with van der Waals surface area (Å²) < 4.78 is 0. The van der Waals surface area contributed by atoms with Crippen molar-refractivity contribution in [3.05, 3.63) is 0 Å². The Kier molecular flexibility index (Phi) is 5.56. The van der Waals surface area contributed by atoms with Crippen LogP contribution < -0.4 is 0 Å². The van der Waals surface area contributed by atoms with Gasteiger partial charge in [-0.05, 0) is 14.2 Å². The maximum atomic E-state index is 3.00. The molecular formula is C15H45Si8-. The van der Waals surface area contributed by atoms with Crippen LogP contribution >= 0.6 is 0 Å². The Bertz CT molecular complexity index is 451. The Morgan fingerprint density at radius 3 is 0.957 bits per heavy atom. The summed E-state index contributed by atoms with van der Waals surface area (Å²) >= 11 is 0. The summed E-state index contributed by atoms with van der Waals surface area (Å²) in [6.07, 6.45) is 0. The highest BCUT2D eigenvalue weighted by molar-refractivity contribution is 8.22. The number of hydrogen-bond acceptors (Lipinski definition) is 0. The van der Waals surface area contributed by atoms with Gasteiger partial charge < -0.3 is 0 Å². The van der Waals surface area contributed by atoms with Crippen LogP contribution in [0.1, 0.15) is 0 Å². The first kappa shape index (κ1) is 22.8. The van der Waals surface area contributed by atoms with Crippen molar-refractivity contribution in [2.45, 2.75) is 98.2 Å². The summed E-state index contributed by atoms with van der Waals surface area (Å²) in [6.45, 7) is 42.2. The molecule has 0 N–H and O–H groups in total. The molecule has 0 bridgehead atoms. The van der Waals surface area contributed by atoms with Crippen LogP contribution in [0.25, 0.3) is 0 Å². The standard InChI is InChI=1S/C15H45Si8/c1-17(2,3)16-19(7,8)21(11,12)23(15,18(4,5)6)22(13,14)20(16,9)10/h1-15H3/q-1. The molecule has 0 saturated carbocycles. The second kappa shape index (κ2) is 5.62. The molecule has 1 rings (SSSR count). The molecular weight excluding hydrogens is 405 g/mol. The minimum Gasteiger partial charge on any atom is -0.256 e. The molecule has 0 atom stereocenters. The monoisotopic (exact) mass is 449 g/mol. The predicted molar refractivity (Wildman–Crippen MR) is 134 cm³/mol. The Labute approximate surface area is 155 Å². The van der Waals surface area contributed by atoms with Gasteiger partial charge in [-0.25, -0.2) is 0 Å². The minimum absolute atomic E-state index is 0.0617. The van der Waals surface area contributed by atoms with Gasteiger partial charge in [-0.15, -0.1) is 21.8 Å². The third kappa shape index (κ3) is 2.68. The van der Waals surface area contributed by atoms with Crippen LogP contribution in [0.4, 0.5) is 0 Å². The van der Waals surface area contributed by atoms with Crippen molar-refractivity contribution < 1.29 is 0 Å². The van der Waals surface area contributed by atoms with Crippen LogP contribution in [0.15, 0.2) is 0 Å². The smallest absolute Gasteiger partial charge is 0.0327 e. The van der Waals surface area contributed by atoms with Crippen molar-refractivity contribution in [2.24, 2.45) is 0 Å². The van der Waals surface area contributed by atoms with E-state index in [4.69, 9.17) is 0 Å². The summed E-state index contributed by atoms with van der Waals surface area (Å²) in [5, 5.41) is 0. The lowest BCUT2D eigenvalue weighted by atomic mass is 11.8. The van der Waals surface area contributed by atoms with Gasteiger partial charge in [0.15, 0.2) is 0 Å². The molecule has 0 aromatic rings. The molecule has 8 heteroatoms. The van der Waals surface area contributed by atoms with Gasteiger partial charge in [0.1, 0.15) is 0 Å². The zero-order chi connectivity index (χ0) is 19.1. The molecule has 0 nitrogen and oxygen atoms in total. The first-order chi connectivity index (χ1) is 9.62. The summed E-state index contributed by atoms with van der Waals surface area (Å²) in [5.74, 6) is 0. The summed E-state index contributed by atoms with van der Waals surface area (Å²) in [5.41, 5.74) is 0. The molecule has 1 aliphatic heterocycles. The van der Waals surface area contributed by atoms with Gasteiger partial charge in [0.25, 0.3) is 0 Å². The SMILES string of the molecule is C[Si](C)(C)[Si-]1[Si](C)(C)[Si](C)(C)[Si](C)([Si](C)(C)C)[Si](C)(C)[Si]1(C)C. The largest absolute Gasteiger partial charge is 0.256 e. The highest BCUT2D eigenvalue weighted by atomic mass is 30.3. The van der Waals surface area contributed by atoms with Gasteiger partial charge in [-0.1, -0.05) is 98.2 Å². The maximum Gasteiger partial charge on any atom is 0.0327 e. The lowest BCUT2D eigenvalue weighted by molar-refractivity contribution is 1.74. The van der Waals surface area contributed by atoms with Gasteiger partial charge in [0, 0.05) is 14.2 Å². The topological polar surface area (TPSA) is 0 Å². The van der Waals surface area contributed by atoms with Crippen LogP contribution in [0.5, 0.6) is 0 Å². The van der Waals surface area contributed by atoms with Gasteiger partial charge in [0.05, 0.1) is 0 Å². The summed E-state index contributed by atoms with van der Waals surface area (Å²) in [6, 6.07) is 0. The highest BCUT2D eigenvalue weighted by Gasteiger charge is 2.71. The van der Waals surface area contributed by atoms with Crippen LogP contribution in [0, 0.1) is 0 Å². The molecule has 0 aromatic carbocycles. The van der Waals surface area contributed by atoms with Gasteiger partial charge in [-0.3, -0.25) is 7.35 Å². The normalized spacial score (nSPS) is 29.3. The van der Waals surface area contributed by atoms with Crippen molar-refractivity contribution >= 4 is 57.6 Å². The van der Waals surface area contributed by atoms with E-state index in [1.165, 1.54) is 0 Å². The average Bonchev–Trinajstić information content (AvgIpc) is 2.20. The molecule has 1 heterocycles. The molecule has 1 aliphatic rings. The fraction of sp³-hybridized carbons (Fsp3) is 1.00. The molecule has 1 saturated heterocycles. The van der Waals surface area contributed by atoms with E-state index in [0.717, 1.165) is 0 Å². The van der Waals surface area contributed by atoms with E-state index in [9.17, 15) is 0 Å². The van der Waals surface area contributed by atoms with E-state index in [2.05, 4.69) is 98.2 Å². The van der Waals surface area contributed by atoms with Crippen LogP contribution in [0.2, 0.25) is 98.2 Å². The van der Waals surface area contributed by atoms with E-state index < -0.39 is 50.2 Å². The van der Waals surface area contributed by atoms with E-state index in [-0.39, 0.29) is 7.35 Å². The number of hydrogen-bond donors (Lipinski definition) is 0. The quantitative estimate of drug-likeness (QED) is 0.473. The molecule has 0 aliphatic carbocycles. The van der Waals surface area contributed by atoms with Crippen molar-refractivity contribution in [3.63, 3.8) is 0 Å². The van der Waals surface area contributed by atoms with Crippen molar-refractivity contribution in [1.82, 2.24) is 0 Å². The van der Waals surface area contributed by atoms with Gasteiger partial charge >= 0.3 is 0 Å².